The Morgan fingerprint density at radius 2 is 1.77 bits per heavy atom. The number of amides is 1. The second kappa shape index (κ2) is 8.03. The minimum atomic E-state index is -0.299. The van der Waals surface area contributed by atoms with E-state index in [0.717, 1.165) is 20.8 Å². The van der Waals surface area contributed by atoms with Crippen LogP contribution in [0.3, 0.4) is 0 Å². The molecular formula is C21H20N4O4S. The van der Waals surface area contributed by atoms with Gasteiger partial charge in [0, 0.05) is 11.3 Å². The number of benzene rings is 2. The Hall–Kier alpha value is -3.59. The average Bonchev–Trinajstić information content (AvgIpc) is 3.38. The summed E-state index contributed by atoms with van der Waals surface area (Å²) in [6.07, 6.45) is 0. The number of aromatic amines is 1. The van der Waals surface area contributed by atoms with E-state index in [9.17, 15) is 4.79 Å². The van der Waals surface area contributed by atoms with Gasteiger partial charge in [-0.15, -0.1) is 11.3 Å². The van der Waals surface area contributed by atoms with Crippen LogP contribution < -0.4 is 19.5 Å². The largest absolute Gasteiger partial charge is 0.493 e. The first-order chi connectivity index (χ1) is 14.5. The first-order valence-electron chi connectivity index (χ1n) is 9.06. The fraction of sp³-hybridized carbons (Fsp3) is 0.190. The number of thiazole rings is 1. The van der Waals surface area contributed by atoms with Gasteiger partial charge in [-0.1, -0.05) is 0 Å². The first-order valence-corrected chi connectivity index (χ1v) is 9.88. The molecule has 8 nitrogen and oxygen atoms in total. The topological polar surface area (TPSA) is 98.4 Å². The zero-order valence-corrected chi connectivity index (χ0v) is 17.7. The lowest BCUT2D eigenvalue weighted by Crippen LogP contribution is -2.12. The number of ether oxygens (including phenoxy) is 3. The molecule has 154 valence electrons. The molecule has 9 heteroatoms. The Labute approximate surface area is 176 Å². The summed E-state index contributed by atoms with van der Waals surface area (Å²) in [5.41, 5.74) is 3.15. The van der Waals surface area contributed by atoms with Crippen LogP contribution in [-0.4, -0.2) is 42.4 Å². The Balaban J connectivity index is 1.59. The van der Waals surface area contributed by atoms with Crippen LogP contribution in [-0.2, 0) is 0 Å². The third-order valence-electron chi connectivity index (χ3n) is 4.54. The van der Waals surface area contributed by atoms with Gasteiger partial charge < -0.3 is 19.5 Å². The summed E-state index contributed by atoms with van der Waals surface area (Å²) in [4.78, 5) is 17.1. The van der Waals surface area contributed by atoms with Gasteiger partial charge in [0.05, 0.1) is 42.2 Å². The smallest absolute Gasteiger partial charge is 0.273 e. The minimum absolute atomic E-state index is 0.299. The van der Waals surface area contributed by atoms with Gasteiger partial charge in [-0.3, -0.25) is 9.89 Å². The lowest BCUT2D eigenvalue weighted by atomic mass is 10.1. The zero-order chi connectivity index (χ0) is 21.3. The summed E-state index contributed by atoms with van der Waals surface area (Å²) in [6, 6.07) is 10.9. The van der Waals surface area contributed by atoms with Gasteiger partial charge in [0.2, 0.25) is 5.75 Å². The van der Waals surface area contributed by atoms with Gasteiger partial charge in [-0.05, 0) is 43.3 Å². The van der Waals surface area contributed by atoms with Gasteiger partial charge in [0.25, 0.3) is 5.91 Å². The molecule has 0 bridgehead atoms. The number of aromatic nitrogens is 3. The second-order valence-corrected chi connectivity index (χ2v) is 7.69. The molecule has 0 fully saturated rings. The van der Waals surface area contributed by atoms with Gasteiger partial charge in [-0.2, -0.15) is 5.10 Å². The van der Waals surface area contributed by atoms with Gasteiger partial charge >= 0.3 is 0 Å². The summed E-state index contributed by atoms with van der Waals surface area (Å²) < 4.78 is 17.2. The van der Waals surface area contributed by atoms with Crippen LogP contribution in [0.15, 0.2) is 36.4 Å². The number of H-pyrrole nitrogens is 1. The van der Waals surface area contributed by atoms with Crippen LogP contribution in [0, 0.1) is 6.92 Å². The van der Waals surface area contributed by atoms with E-state index in [1.165, 1.54) is 0 Å². The number of nitrogens with one attached hydrogen (secondary N) is 2. The molecule has 0 saturated heterocycles. The zero-order valence-electron chi connectivity index (χ0n) is 16.9. The van der Waals surface area contributed by atoms with Crippen molar-refractivity contribution in [2.24, 2.45) is 0 Å². The highest BCUT2D eigenvalue weighted by atomic mass is 32.1. The molecule has 4 aromatic rings. The van der Waals surface area contributed by atoms with Crippen molar-refractivity contribution < 1.29 is 19.0 Å². The summed E-state index contributed by atoms with van der Waals surface area (Å²) in [5, 5.41) is 10.9. The standard InChI is InChI=1S/C21H20N4O4S/c1-11-22-15-9-13(5-6-19(15)30-11)23-21(26)16-10-14(24-25-16)12-7-17(27-2)20(29-4)18(8-12)28-3/h5-10H,1-4H3,(H,23,26)(H,24,25). The molecule has 0 aliphatic carbocycles. The third kappa shape index (κ3) is 3.67. The molecule has 2 aromatic heterocycles. The second-order valence-electron chi connectivity index (χ2n) is 6.45. The van der Waals surface area contributed by atoms with Crippen LogP contribution in [0.1, 0.15) is 15.5 Å². The number of fused-ring (bicyclic) bond motifs is 1. The number of methoxy groups -OCH3 is 3. The van der Waals surface area contributed by atoms with Crippen molar-refractivity contribution in [1.82, 2.24) is 15.2 Å². The fourth-order valence-electron chi connectivity index (χ4n) is 3.13. The van der Waals surface area contributed by atoms with Gasteiger partial charge in [0.15, 0.2) is 11.5 Å². The normalized spacial score (nSPS) is 10.8. The first kappa shape index (κ1) is 19.7. The molecule has 0 radical (unpaired) electrons. The Kier molecular flexibility index (Phi) is 5.28. The number of rotatable bonds is 6. The third-order valence-corrected chi connectivity index (χ3v) is 5.49. The van der Waals surface area contributed by atoms with E-state index in [0.29, 0.717) is 34.3 Å². The predicted octanol–water partition coefficient (Wildman–Crippen LogP) is 4.27. The van der Waals surface area contributed by atoms with E-state index < -0.39 is 0 Å². The molecule has 0 spiro atoms. The predicted molar refractivity (Wildman–Crippen MR) is 116 cm³/mol. The average molecular weight is 424 g/mol. The van der Waals surface area contributed by atoms with Crippen LogP contribution in [0.5, 0.6) is 17.2 Å². The van der Waals surface area contributed by atoms with E-state index in [-0.39, 0.29) is 5.91 Å². The number of carbonyl (C=O) groups is 1. The molecule has 2 N–H and O–H groups in total. The van der Waals surface area contributed by atoms with Crippen molar-refractivity contribution in [3.63, 3.8) is 0 Å². The van der Waals surface area contributed by atoms with Crippen LogP contribution in [0.2, 0.25) is 0 Å². The van der Waals surface area contributed by atoms with Gasteiger partial charge in [0.1, 0.15) is 5.69 Å². The maximum atomic E-state index is 12.7. The molecule has 2 heterocycles. The Bertz CT molecular complexity index is 1210. The summed E-state index contributed by atoms with van der Waals surface area (Å²) in [5.74, 6) is 1.21. The van der Waals surface area contributed by atoms with E-state index in [4.69, 9.17) is 14.2 Å². The number of anilines is 1. The van der Waals surface area contributed by atoms with E-state index in [2.05, 4.69) is 20.5 Å². The number of aryl methyl sites for hydroxylation is 1. The molecule has 0 atom stereocenters. The lowest BCUT2D eigenvalue weighted by molar-refractivity contribution is 0.102. The van der Waals surface area contributed by atoms with Crippen molar-refractivity contribution in [2.45, 2.75) is 6.92 Å². The molecule has 0 aliphatic heterocycles. The van der Waals surface area contributed by atoms with Gasteiger partial charge in [-0.25, -0.2) is 4.98 Å². The molecular weight excluding hydrogens is 404 g/mol. The molecule has 2 aromatic carbocycles. The quantitative estimate of drug-likeness (QED) is 0.480. The van der Waals surface area contributed by atoms with Crippen LogP contribution in [0.25, 0.3) is 21.5 Å². The fourth-order valence-corrected chi connectivity index (χ4v) is 3.94. The van der Waals surface area contributed by atoms with Crippen LogP contribution in [0.4, 0.5) is 5.69 Å². The maximum Gasteiger partial charge on any atom is 0.273 e. The highest BCUT2D eigenvalue weighted by Gasteiger charge is 2.17. The highest BCUT2D eigenvalue weighted by Crippen LogP contribution is 2.40. The lowest BCUT2D eigenvalue weighted by Gasteiger charge is -2.13. The number of hydrogen-bond acceptors (Lipinski definition) is 7. The SMILES string of the molecule is COc1cc(-c2cc(C(=O)Nc3ccc4sc(C)nc4c3)[nH]n2)cc(OC)c1OC. The van der Waals surface area contributed by atoms with Crippen molar-refractivity contribution in [3.05, 3.63) is 47.1 Å². The van der Waals surface area contributed by atoms with Crippen molar-refractivity contribution in [2.75, 3.05) is 26.6 Å². The Morgan fingerprint density at radius 3 is 2.43 bits per heavy atom. The molecule has 0 aliphatic rings. The molecule has 1 amide bonds. The summed E-state index contributed by atoms with van der Waals surface area (Å²) in [7, 11) is 4.64. The molecule has 0 saturated carbocycles. The molecule has 0 unspecified atom stereocenters. The highest BCUT2D eigenvalue weighted by molar-refractivity contribution is 7.18. The number of nitrogens with zero attached hydrogens (tertiary/aromatic N) is 2. The molecule has 30 heavy (non-hydrogen) atoms. The van der Waals surface area contributed by atoms with Crippen molar-refractivity contribution in [1.29, 1.82) is 0 Å². The van der Waals surface area contributed by atoms with Crippen molar-refractivity contribution in [3.8, 4) is 28.5 Å². The van der Waals surface area contributed by atoms with Crippen LogP contribution >= 0.6 is 11.3 Å². The summed E-state index contributed by atoms with van der Waals surface area (Å²) in [6.45, 7) is 1.96. The maximum absolute atomic E-state index is 12.7. The monoisotopic (exact) mass is 424 g/mol. The van der Waals surface area contributed by atoms with Crippen molar-refractivity contribution >= 4 is 33.1 Å². The molecule has 4 rings (SSSR count). The summed E-state index contributed by atoms with van der Waals surface area (Å²) >= 11 is 1.62. The minimum Gasteiger partial charge on any atom is -0.493 e. The number of hydrogen-bond donors (Lipinski definition) is 2. The van der Waals surface area contributed by atoms with E-state index in [1.54, 1.807) is 50.9 Å². The van der Waals surface area contributed by atoms with E-state index >= 15 is 0 Å². The Morgan fingerprint density at radius 1 is 1.03 bits per heavy atom. The van der Waals surface area contributed by atoms with E-state index in [1.807, 2.05) is 25.1 Å². The number of carbonyl (C=O) groups excluding carboxylic acids is 1.